The lowest BCUT2D eigenvalue weighted by atomic mass is 9.96. The van der Waals surface area contributed by atoms with Gasteiger partial charge in [-0.1, -0.05) is 29.8 Å². The summed E-state index contributed by atoms with van der Waals surface area (Å²) >= 11 is 0. The summed E-state index contributed by atoms with van der Waals surface area (Å²) in [4.78, 5) is 0. The van der Waals surface area contributed by atoms with Crippen molar-refractivity contribution in [3.05, 3.63) is 64.2 Å². The maximum Gasteiger partial charge on any atom is 0.0747 e. The van der Waals surface area contributed by atoms with Crippen LogP contribution in [0.2, 0.25) is 0 Å². The summed E-state index contributed by atoms with van der Waals surface area (Å²) in [7, 11) is 0. The van der Waals surface area contributed by atoms with Crippen molar-refractivity contribution >= 4 is 5.69 Å². The highest BCUT2D eigenvalue weighted by Crippen LogP contribution is 2.25. The van der Waals surface area contributed by atoms with Gasteiger partial charge >= 0.3 is 0 Å². The molecule has 2 aromatic rings. The predicted molar refractivity (Wildman–Crippen MR) is 85.3 cm³/mol. The normalized spacial score (nSPS) is 12.2. The Morgan fingerprint density at radius 2 is 1.50 bits per heavy atom. The minimum absolute atomic E-state index is 0.0722. The molecule has 2 nitrogen and oxygen atoms in total. The lowest BCUT2D eigenvalue weighted by Gasteiger charge is -2.21. The van der Waals surface area contributed by atoms with E-state index >= 15 is 0 Å². The number of nitrogens with one attached hydrogen (secondary N) is 1. The summed E-state index contributed by atoms with van der Waals surface area (Å²) in [6.07, 6.45) is 0. The average Bonchev–Trinajstić information content (AvgIpc) is 2.43. The van der Waals surface area contributed by atoms with E-state index in [2.05, 4.69) is 57.3 Å². The Bertz CT molecular complexity index is 587. The third kappa shape index (κ3) is 3.20. The number of benzene rings is 2. The molecule has 0 aliphatic rings. The molecule has 0 fully saturated rings. The van der Waals surface area contributed by atoms with Gasteiger partial charge in [0.25, 0.3) is 0 Å². The van der Waals surface area contributed by atoms with Gasteiger partial charge < -0.3 is 10.4 Å². The molecule has 1 atom stereocenters. The van der Waals surface area contributed by atoms with Crippen molar-refractivity contribution in [2.24, 2.45) is 0 Å². The molecule has 106 valence electrons. The number of hydrogen-bond acceptors (Lipinski definition) is 2. The highest BCUT2D eigenvalue weighted by atomic mass is 16.3. The maximum atomic E-state index is 9.72. The summed E-state index contributed by atoms with van der Waals surface area (Å²) in [6, 6.07) is 12.5. The second kappa shape index (κ2) is 6.10. The first-order chi connectivity index (χ1) is 9.51. The Labute approximate surface area is 121 Å². The zero-order valence-electron chi connectivity index (χ0n) is 12.7. The standard InChI is InChI=1S/C18H23NO/c1-12-5-7-16(8-6-12)19-18(11-20)17-10-14(3)13(2)9-15(17)4/h5-10,18-20H,11H2,1-4H3. The summed E-state index contributed by atoms with van der Waals surface area (Å²) in [6.45, 7) is 8.48. The Balaban J connectivity index is 2.28. The fraction of sp³-hybridized carbons (Fsp3) is 0.333. The molecule has 0 saturated heterocycles. The molecule has 2 rings (SSSR count). The van der Waals surface area contributed by atoms with Gasteiger partial charge in [0.15, 0.2) is 0 Å². The first kappa shape index (κ1) is 14.6. The van der Waals surface area contributed by atoms with E-state index in [0.717, 1.165) is 11.3 Å². The highest BCUT2D eigenvalue weighted by molar-refractivity contribution is 5.48. The molecule has 0 aromatic heterocycles. The second-order valence-corrected chi connectivity index (χ2v) is 5.54. The fourth-order valence-electron chi connectivity index (χ4n) is 2.43. The Kier molecular flexibility index (Phi) is 4.46. The molecule has 2 heteroatoms. The van der Waals surface area contributed by atoms with E-state index < -0.39 is 0 Å². The topological polar surface area (TPSA) is 32.3 Å². The van der Waals surface area contributed by atoms with E-state index in [1.54, 1.807) is 0 Å². The van der Waals surface area contributed by atoms with Gasteiger partial charge in [0, 0.05) is 5.69 Å². The predicted octanol–water partition coefficient (Wildman–Crippen LogP) is 4.07. The van der Waals surface area contributed by atoms with E-state index in [1.807, 2.05) is 12.1 Å². The zero-order chi connectivity index (χ0) is 14.7. The van der Waals surface area contributed by atoms with Crippen LogP contribution in [0.3, 0.4) is 0 Å². The van der Waals surface area contributed by atoms with Crippen molar-refractivity contribution in [1.82, 2.24) is 0 Å². The Hall–Kier alpha value is -1.80. The molecular weight excluding hydrogens is 246 g/mol. The molecule has 0 bridgehead atoms. The third-order valence-electron chi connectivity index (χ3n) is 3.83. The summed E-state index contributed by atoms with van der Waals surface area (Å²) in [5, 5.41) is 13.1. The van der Waals surface area contributed by atoms with E-state index in [-0.39, 0.29) is 12.6 Å². The molecule has 20 heavy (non-hydrogen) atoms. The van der Waals surface area contributed by atoms with Gasteiger partial charge in [-0.15, -0.1) is 0 Å². The highest BCUT2D eigenvalue weighted by Gasteiger charge is 2.14. The monoisotopic (exact) mass is 269 g/mol. The van der Waals surface area contributed by atoms with Gasteiger partial charge in [0.05, 0.1) is 12.6 Å². The molecule has 0 aliphatic heterocycles. The van der Waals surface area contributed by atoms with E-state index in [0.29, 0.717) is 0 Å². The van der Waals surface area contributed by atoms with Crippen LogP contribution in [0.25, 0.3) is 0 Å². The molecule has 1 unspecified atom stereocenters. The maximum absolute atomic E-state index is 9.72. The molecule has 0 heterocycles. The minimum atomic E-state index is -0.0722. The van der Waals surface area contributed by atoms with Crippen LogP contribution >= 0.6 is 0 Å². The van der Waals surface area contributed by atoms with Crippen molar-refractivity contribution in [2.75, 3.05) is 11.9 Å². The molecular formula is C18H23NO. The van der Waals surface area contributed by atoms with Crippen molar-refractivity contribution in [1.29, 1.82) is 0 Å². The number of aryl methyl sites for hydroxylation is 4. The van der Waals surface area contributed by atoms with Gasteiger partial charge in [-0.3, -0.25) is 0 Å². The van der Waals surface area contributed by atoms with Crippen LogP contribution in [0.1, 0.15) is 33.9 Å². The van der Waals surface area contributed by atoms with Crippen LogP contribution in [0.5, 0.6) is 0 Å². The van der Waals surface area contributed by atoms with Gasteiger partial charge in [0.2, 0.25) is 0 Å². The van der Waals surface area contributed by atoms with Crippen molar-refractivity contribution < 1.29 is 5.11 Å². The third-order valence-corrected chi connectivity index (χ3v) is 3.83. The molecule has 2 N–H and O–H groups in total. The molecule has 0 aliphatic carbocycles. The van der Waals surface area contributed by atoms with Crippen LogP contribution in [0, 0.1) is 27.7 Å². The van der Waals surface area contributed by atoms with Gasteiger partial charge in [0.1, 0.15) is 0 Å². The summed E-state index contributed by atoms with van der Waals surface area (Å²) in [5.41, 5.74) is 7.20. The lowest BCUT2D eigenvalue weighted by molar-refractivity contribution is 0.276. The zero-order valence-corrected chi connectivity index (χ0v) is 12.7. The first-order valence-electron chi connectivity index (χ1n) is 7.03. The van der Waals surface area contributed by atoms with Crippen molar-refractivity contribution in [3.63, 3.8) is 0 Å². The minimum Gasteiger partial charge on any atom is -0.394 e. The number of anilines is 1. The SMILES string of the molecule is Cc1ccc(NC(CO)c2cc(C)c(C)cc2C)cc1. The molecule has 2 aromatic carbocycles. The molecule has 0 saturated carbocycles. The van der Waals surface area contributed by atoms with Crippen molar-refractivity contribution in [2.45, 2.75) is 33.7 Å². The Morgan fingerprint density at radius 1 is 0.900 bits per heavy atom. The first-order valence-corrected chi connectivity index (χ1v) is 7.03. The summed E-state index contributed by atoms with van der Waals surface area (Å²) < 4.78 is 0. The Morgan fingerprint density at radius 3 is 2.10 bits per heavy atom. The lowest BCUT2D eigenvalue weighted by Crippen LogP contribution is -2.16. The molecule has 0 spiro atoms. The van der Waals surface area contributed by atoms with E-state index in [1.165, 1.54) is 22.3 Å². The van der Waals surface area contributed by atoms with Crippen LogP contribution in [-0.2, 0) is 0 Å². The van der Waals surface area contributed by atoms with Crippen LogP contribution in [-0.4, -0.2) is 11.7 Å². The number of aliphatic hydroxyl groups is 1. The number of rotatable bonds is 4. The quantitative estimate of drug-likeness (QED) is 0.877. The number of aliphatic hydroxyl groups excluding tert-OH is 1. The van der Waals surface area contributed by atoms with Crippen LogP contribution in [0.4, 0.5) is 5.69 Å². The van der Waals surface area contributed by atoms with Gasteiger partial charge in [-0.25, -0.2) is 0 Å². The van der Waals surface area contributed by atoms with E-state index in [9.17, 15) is 5.11 Å². The van der Waals surface area contributed by atoms with Gasteiger partial charge in [-0.2, -0.15) is 0 Å². The van der Waals surface area contributed by atoms with Crippen LogP contribution in [0.15, 0.2) is 36.4 Å². The van der Waals surface area contributed by atoms with Crippen LogP contribution < -0.4 is 5.32 Å². The summed E-state index contributed by atoms with van der Waals surface area (Å²) in [5.74, 6) is 0. The molecule has 0 amide bonds. The average molecular weight is 269 g/mol. The fourth-order valence-corrected chi connectivity index (χ4v) is 2.43. The second-order valence-electron chi connectivity index (χ2n) is 5.54. The molecule has 0 radical (unpaired) electrons. The van der Waals surface area contributed by atoms with Gasteiger partial charge in [-0.05, 0) is 62.1 Å². The smallest absolute Gasteiger partial charge is 0.0747 e. The van der Waals surface area contributed by atoms with E-state index in [4.69, 9.17) is 0 Å². The number of hydrogen-bond donors (Lipinski definition) is 2. The van der Waals surface area contributed by atoms with Crippen molar-refractivity contribution in [3.8, 4) is 0 Å². The largest absolute Gasteiger partial charge is 0.394 e.